The van der Waals surface area contributed by atoms with Crippen molar-refractivity contribution in [3.63, 3.8) is 0 Å². The van der Waals surface area contributed by atoms with Crippen LogP contribution in [-0.4, -0.2) is 27.6 Å². The van der Waals surface area contributed by atoms with Crippen molar-refractivity contribution in [2.24, 2.45) is 0 Å². The van der Waals surface area contributed by atoms with Crippen molar-refractivity contribution in [3.8, 4) is 22.7 Å². The molecular formula is C27H26N4O. The molecule has 4 heterocycles. The number of rotatable bonds is 3. The normalized spacial score (nSPS) is 15.1. The van der Waals surface area contributed by atoms with Gasteiger partial charge in [0.1, 0.15) is 11.3 Å². The van der Waals surface area contributed by atoms with Crippen molar-refractivity contribution in [2.75, 3.05) is 13.1 Å². The van der Waals surface area contributed by atoms with E-state index in [1.807, 2.05) is 13.1 Å². The molecule has 5 nitrogen and oxygen atoms in total. The second-order valence-electron chi connectivity index (χ2n) is 8.73. The monoisotopic (exact) mass is 422 g/mol. The van der Waals surface area contributed by atoms with Gasteiger partial charge in [-0.25, -0.2) is 9.97 Å². The van der Waals surface area contributed by atoms with Gasteiger partial charge >= 0.3 is 0 Å². The topological polar surface area (TPSA) is 55.9 Å². The highest BCUT2D eigenvalue weighted by Gasteiger charge is 2.26. The molecule has 3 aromatic heterocycles. The second kappa shape index (κ2) is 7.61. The Morgan fingerprint density at radius 2 is 1.78 bits per heavy atom. The number of aromatic nitrogens is 3. The molecule has 0 aliphatic carbocycles. The van der Waals surface area contributed by atoms with E-state index in [0.29, 0.717) is 6.04 Å². The van der Waals surface area contributed by atoms with Crippen LogP contribution < -0.4 is 5.32 Å². The highest BCUT2D eigenvalue weighted by atomic mass is 16.3. The Hall–Kier alpha value is -3.44. The predicted octanol–water partition coefficient (Wildman–Crippen LogP) is 6.05. The lowest BCUT2D eigenvalue weighted by molar-refractivity contribution is 0.373. The summed E-state index contributed by atoms with van der Waals surface area (Å²) in [5.41, 5.74) is 5.28. The van der Waals surface area contributed by atoms with Gasteiger partial charge in [0.25, 0.3) is 0 Å². The third-order valence-electron chi connectivity index (χ3n) is 6.70. The minimum atomic E-state index is 0.348. The van der Waals surface area contributed by atoms with Gasteiger partial charge in [-0.2, -0.15) is 0 Å². The molecule has 160 valence electrons. The molecule has 0 amide bonds. The van der Waals surface area contributed by atoms with E-state index in [1.54, 1.807) is 0 Å². The van der Waals surface area contributed by atoms with Crippen molar-refractivity contribution >= 4 is 21.9 Å². The third-order valence-corrected chi connectivity index (χ3v) is 6.70. The summed E-state index contributed by atoms with van der Waals surface area (Å²) in [5, 5.41) is 5.94. The molecule has 0 saturated carbocycles. The standard InChI is InChI=1S/C27H26N4O/c1-17-15-24(32-18(17)2)26-30-25-23(21-8-7-19-5-3-4-6-20(19)16-21)11-14-29-27(25)31(26)22-9-12-28-13-10-22/h3-8,11,14-16,22,28H,9-10,12-13H2,1-2H3. The van der Waals surface area contributed by atoms with Gasteiger partial charge < -0.3 is 14.3 Å². The van der Waals surface area contributed by atoms with Crippen LogP contribution in [0.1, 0.15) is 30.2 Å². The first-order chi connectivity index (χ1) is 15.7. The summed E-state index contributed by atoms with van der Waals surface area (Å²) >= 11 is 0. The zero-order chi connectivity index (χ0) is 21.7. The second-order valence-corrected chi connectivity index (χ2v) is 8.73. The average molecular weight is 423 g/mol. The number of nitrogens with zero attached hydrogens (tertiary/aromatic N) is 3. The molecule has 0 unspecified atom stereocenters. The van der Waals surface area contributed by atoms with Gasteiger partial charge in [-0.3, -0.25) is 0 Å². The van der Waals surface area contributed by atoms with Crippen LogP contribution >= 0.6 is 0 Å². The van der Waals surface area contributed by atoms with Gasteiger partial charge in [0.15, 0.2) is 17.2 Å². The lowest BCUT2D eigenvalue weighted by Gasteiger charge is -2.25. The molecule has 1 fully saturated rings. The molecule has 0 atom stereocenters. The predicted molar refractivity (Wildman–Crippen MR) is 129 cm³/mol. The first kappa shape index (κ1) is 19.3. The van der Waals surface area contributed by atoms with E-state index in [-0.39, 0.29) is 0 Å². The van der Waals surface area contributed by atoms with E-state index in [0.717, 1.165) is 71.1 Å². The molecule has 1 aliphatic heterocycles. The van der Waals surface area contributed by atoms with Crippen LogP contribution in [0.3, 0.4) is 0 Å². The Balaban J connectivity index is 1.59. The maximum atomic E-state index is 6.14. The summed E-state index contributed by atoms with van der Waals surface area (Å²) in [6, 6.07) is 19.6. The van der Waals surface area contributed by atoms with E-state index in [4.69, 9.17) is 14.4 Å². The third kappa shape index (κ3) is 3.12. The SMILES string of the molecule is Cc1cc(-c2nc3c(-c4ccc5ccccc5c4)ccnc3n2C2CCNCC2)oc1C. The fraction of sp³-hybridized carbons (Fsp3) is 0.259. The van der Waals surface area contributed by atoms with Crippen molar-refractivity contribution in [3.05, 3.63) is 72.1 Å². The van der Waals surface area contributed by atoms with E-state index >= 15 is 0 Å². The summed E-state index contributed by atoms with van der Waals surface area (Å²) in [5.74, 6) is 2.64. The molecule has 0 spiro atoms. The number of pyridine rings is 1. The van der Waals surface area contributed by atoms with Crippen molar-refractivity contribution < 1.29 is 4.42 Å². The Bertz CT molecular complexity index is 1420. The fourth-order valence-electron chi connectivity index (χ4n) is 4.85. The molecule has 5 aromatic rings. The van der Waals surface area contributed by atoms with Crippen molar-refractivity contribution in [1.82, 2.24) is 19.9 Å². The number of furan rings is 1. The van der Waals surface area contributed by atoms with Gasteiger partial charge in [0, 0.05) is 17.8 Å². The molecule has 0 radical (unpaired) electrons. The molecule has 1 N–H and O–H groups in total. The maximum absolute atomic E-state index is 6.14. The maximum Gasteiger partial charge on any atom is 0.178 e. The highest BCUT2D eigenvalue weighted by molar-refractivity contribution is 5.95. The van der Waals surface area contributed by atoms with Crippen molar-refractivity contribution in [2.45, 2.75) is 32.7 Å². The number of piperidine rings is 1. The van der Waals surface area contributed by atoms with Gasteiger partial charge in [0.2, 0.25) is 0 Å². The van der Waals surface area contributed by atoms with E-state index in [2.05, 4.69) is 71.4 Å². The molecule has 2 aromatic carbocycles. The van der Waals surface area contributed by atoms with Crippen LogP contribution in [0.5, 0.6) is 0 Å². The van der Waals surface area contributed by atoms with Crippen LogP contribution in [0.2, 0.25) is 0 Å². The number of nitrogens with one attached hydrogen (secondary N) is 1. The van der Waals surface area contributed by atoms with E-state index in [9.17, 15) is 0 Å². The largest absolute Gasteiger partial charge is 0.458 e. The molecule has 5 heteroatoms. The number of benzene rings is 2. The Labute approximate surface area is 187 Å². The lowest BCUT2D eigenvalue weighted by Crippen LogP contribution is -2.29. The lowest BCUT2D eigenvalue weighted by atomic mass is 10.0. The number of aryl methyl sites for hydroxylation is 2. The fourth-order valence-corrected chi connectivity index (χ4v) is 4.85. The van der Waals surface area contributed by atoms with Crippen LogP contribution in [-0.2, 0) is 0 Å². The summed E-state index contributed by atoms with van der Waals surface area (Å²) in [6.45, 7) is 6.10. The zero-order valence-electron chi connectivity index (χ0n) is 18.4. The quantitative estimate of drug-likeness (QED) is 0.384. The molecule has 32 heavy (non-hydrogen) atoms. The van der Waals surface area contributed by atoms with Crippen LogP contribution in [0.4, 0.5) is 0 Å². The number of fused-ring (bicyclic) bond motifs is 2. The first-order valence-corrected chi connectivity index (χ1v) is 11.3. The Morgan fingerprint density at radius 1 is 0.969 bits per heavy atom. The minimum absolute atomic E-state index is 0.348. The summed E-state index contributed by atoms with van der Waals surface area (Å²) in [6.07, 6.45) is 4.02. The van der Waals surface area contributed by atoms with E-state index < -0.39 is 0 Å². The first-order valence-electron chi connectivity index (χ1n) is 11.3. The highest BCUT2D eigenvalue weighted by Crippen LogP contribution is 2.37. The molecule has 6 rings (SSSR count). The van der Waals surface area contributed by atoms with Gasteiger partial charge in [-0.05, 0) is 79.9 Å². The van der Waals surface area contributed by atoms with Crippen LogP contribution in [0, 0.1) is 13.8 Å². The van der Waals surface area contributed by atoms with Crippen molar-refractivity contribution in [1.29, 1.82) is 0 Å². The summed E-state index contributed by atoms with van der Waals surface area (Å²) in [4.78, 5) is 9.97. The minimum Gasteiger partial charge on any atom is -0.458 e. The summed E-state index contributed by atoms with van der Waals surface area (Å²) in [7, 11) is 0. The Morgan fingerprint density at radius 3 is 2.56 bits per heavy atom. The van der Waals surface area contributed by atoms with Gasteiger partial charge in [-0.15, -0.1) is 0 Å². The molecule has 1 aliphatic rings. The molecular weight excluding hydrogens is 396 g/mol. The number of imidazole rings is 1. The number of hydrogen-bond acceptors (Lipinski definition) is 4. The zero-order valence-corrected chi connectivity index (χ0v) is 18.4. The average Bonchev–Trinajstić information content (AvgIpc) is 3.39. The van der Waals surface area contributed by atoms with Gasteiger partial charge in [0.05, 0.1) is 0 Å². The number of hydrogen-bond donors (Lipinski definition) is 1. The molecule has 1 saturated heterocycles. The van der Waals surface area contributed by atoms with Crippen LogP contribution in [0.15, 0.2) is 65.2 Å². The Kier molecular flexibility index (Phi) is 4.58. The smallest absolute Gasteiger partial charge is 0.178 e. The van der Waals surface area contributed by atoms with Crippen LogP contribution in [0.25, 0.3) is 44.6 Å². The van der Waals surface area contributed by atoms with Gasteiger partial charge in [-0.1, -0.05) is 36.4 Å². The summed E-state index contributed by atoms with van der Waals surface area (Å²) < 4.78 is 8.46. The molecule has 0 bridgehead atoms. The van der Waals surface area contributed by atoms with E-state index in [1.165, 1.54) is 10.8 Å².